The molecular formula is C23H25N3O2. The summed E-state index contributed by atoms with van der Waals surface area (Å²) < 4.78 is 5.92. The number of ether oxygens (including phenoxy) is 1. The number of aromatic amines is 1. The molecule has 1 N–H and O–H groups in total. The molecule has 0 radical (unpaired) electrons. The molecule has 2 heterocycles. The van der Waals surface area contributed by atoms with Gasteiger partial charge in [0.1, 0.15) is 17.7 Å². The molecule has 1 saturated heterocycles. The fourth-order valence-electron chi connectivity index (χ4n) is 3.55. The summed E-state index contributed by atoms with van der Waals surface area (Å²) >= 11 is 0. The van der Waals surface area contributed by atoms with Gasteiger partial charge in [0.2, 0.25) is 0 Å². The Kier molecular flexibility index (Phi) is 5.53. The van der Waals surface area contributed by atoms with Gasteiger partial charge in [-0.05, 0) is 50.6 Å². The number of H-pyrrole nitrogens is 1. The van der Waals surface area contributed by atoms with Gasteiger partial charge in [-0.15, -0.1) is 0 Å². The predicted molar refractivity (Wildman–Crippen MR) is 110 cm³/mol. The molecule has 5 heteroatoms. The van der Waals surface area contributed by atoms with E-state index in [2.05, 4.69) is 27.0 Å². The molecule has 0 saturated carbocycles. The van der Waals surface area contributed by atoms with Crippen LogP contribution in [-0.4, -0.2) is 28.0 Å². The van der Waals surface area contributed by atoms with E-state index in [0.717, 1.165) is 17.9 Å². The van der Waals surface area contributed by atoms with E-state index in [9.17, 15) is 4.79 Å². The van der Waals surface area contributed by atoms with Crippen molar-refractivity contribution in [1.29, 1.82) is 0 Å². The minimum atomic E-state index is -0.321. The van der Waals surface area contributed by atoms with Crippen LogP contribution in [0, 0.1) is 0 Å². The van der Waals surface area contributed by atoms with Crippen LogP contribution in [0.1, 0.15) is 37.1 Å². The number of nitrogens with one attached hydrogen (secondary N) is 1. The fraction of sp³-hybridized carbons (Fsp3) is 0.304. The van der Waals surface area contributed by atoms with Gasteiger partial charge in [-0.3, -0.25) is 9.69 Å². The third kappa shape index (κ3) is 4.49. The molecule has 1 fully saturated rings. The van der Waals surface area contributed by atoms with Crippen molar-refractivity contribution in [3.8, 4) is 17.1 Å². The first-order valence-corrected chi connectivity index (χ1v) is 9.82. The summed E-state index contributed by atoms with van der Waals surface area (Å²) in [6, 6.07) is 19.3. The third-order valence-electron chi connectivity index (χ3n) is 5.07. The van der Waals surface area contributed by atoms with Gasteiger partial charge in [0.05, 0.1) is 5.69 Å². The van der Waals surface area contributed by atoms with E-state index >= 15 is 0 Å². The highest BCUT2D eigenvalue weighted by Crippen LogP contribution is 2.22. The van der Waals surface area contributed by atoms with Crippen molar-refractivity contribution in [2.75, 3.05) is 13.1 Å². The molecule has 1 aliphatic heterocycles. The van der Waals surface area contributed by atoms with Crippen molar-refractivity contribution >= 4 is 0 Å². The molecule has 1 aliphatic rings. The lowest BCUT2D eigenvalue weighted by Gasteiger charge is -2.15. The summed E-state index contributed by atoms with van der Waals surface area (Å²) in [6.45, 7) is 5.24. The zero-order chi connectivity index (χ0) is 19.3. The van der Waals surface area contributed by atoms with Crippen LogP contribution in [0.3, 0.4) is 0 Å². The molecule has 5 nitrogen and oxygen atoms in total. The van der Waals surface area contributed by atoms with E-state index in [0.29, 0.717) is 11.5 Å². The van der Waals surface area contributed by atoms with Crippen molar-refractivity contribution < 1.29 is 4.74 Å². The number of benzene rings is 2. The molecule has 0 spiro atoms. The average Bonchev–Trinajstić information content (AvgIpc) is 3.22. The Morgan fingerprint density at radius 1 is 1.07 bits per heavy atom. The Bertz CT molecular complexity index is 961. The van der Waals surface area contributed by atoms with Crippen LogP contribution in [-0.2, 0) is 6.54 Å². The van der Waals surface area contributed by atoms with Crippen molar-refractivity contribution in [2.45, 2.75) is 32.4 Å². The molecule has 1 aromatic heterocycles. The molecule has 3 aromatic rings. The lowest BCUT2D eigenvalue weighted by molar-refractivity contribution is 0.221. The van der Waals surface area contributed by atoms with E-state index in [1.807, 2.05) is 49.4 Å². The summed E-state index contributed by atoms with van der Waals surface area (Å²) in [5.74, 6) is 1.32. The minimum Gasteiger partial charge on any atom is -0.484 e. The zero-order valence-electron chi connectivity index (χ0n) is 16.1. The van der Waals surface area contributed by atoms with Gasteiger partial charge in [-0.2, -0.15) is 0 Å². The van der Waals surface area contributed by atoms with Crippen molar-refractivity contribution in [3.05, 3.63) is 82.3 Å². The second-order valence-electron chi connectivity index (χ2n) is 7.27. The highest BCUT2D eigenvalue weighted by Gasteiger charge is 2.14. The van der Waals surface area contributed by atoms with E-state index < -0.39 is 0 Å². The van der Waals surface area contributed by atoms with Gasteiger partial charge >= 0.3 is 0 Å². The second-order valence-corrected chi connectivity index (χ2v) is 7.27. The first-order valence-electron chi connectivity index (χ1n) is 9.82. The zero-order valence-corrected chi connectivity index (χ0v) is 16.1. The Morgan fingerprint density at radius 2 is 1.79 bits per heavy atom. The molecular weight excluding hydrogens is 350 g/mol. The number of nitrogens with zero attached hydrogens (tertiary/aromatic N) is 2. The second kappa shape index (κ2) is 8.40. The standard InChI is InChI=1S/C23H25N3O2/c1-17(28-20-7-3-2-4-8-20)21-15-22(27)25-23(24-21)19-11-9-18(10-12-19)16-26-13-5-6-14-26/h2-4,7-12,15,17H,5-6,13-14,16H2,1H3,(H,24,25,27). The monoisotopic (exact) mass is 375 g/mol. The van der Waals surface area contributed by atoms with E-state index in [1.54, 1.807) is 0 Å². The topological polar surface area (TPSA) is 58.2 Å². The number of aromatic nitrogens is 2. The molecule has 1 unspecified atom stereocenters. The minimum absolute atomic E-state index is 0.176. The summed E-state index contributed by atoms with van der Waals surface area (Å²) in [5, 5.41) is 0. The SMILES string of the molecule is CC(Oc1ccccc1)c1cc(=O)[nH]c(-c2ccc(CN3CCCC3)cc2)n1. The largest absolute Gasteiger partial charge is 0.484 e. The van der Waals surface area contributed by atoms with E-state index in [1.165, 1.54) is 37.6 Å². The number of hydrogen-bond donors (Lipinski definition) is 1. The lowest BCUT2D eigenvalue weighted by Crippen LogP contribution is -2.18. The number of para-hydroxylation sites is 1. The van der Waals surface area contributed by atoms with Gasteiger partial charge in [-0.25, -0.2) is 4.98 Å². The number of rotatable bonds is 6. The lowest BCUT2D eigenvalue weighted by atomic mass is 10.1. The van der Waals surface area contributed by atoms with Crippen LogP contribution in [0.5, 0.6) is 5.75 Å². The van der Waals surface area contributed by atoms with E-state index in [4.69, 9.17) is 4.74 Å². The van der Waals surface area contributed by atoms with Crippen LogP contribution in [0.25, 0.3) is 11.4 Å². The van der Waals surface area contributed by atoms with Crippen LogP contribution in [0.15, 0.2) is 65.5 Å². The van der Waals surface area contributed by atoms with Gasteiger partial charge in [-0.1, -0.05) is 42.5 Å². The molecule has 1 atom stereocenters. The van der Waals surface area contributed by atoms with Gasteiger partial charge in [0.25, 0.3) is 5.56 Å². The maximum absolute atomic E-state index is 12.2. The van der Waals surface area contributed by atoms with Crippen molar-refractivity contribution in [1.82, 2.24) is 14.9 Å². The molecule has 0 aliphatic carbocycles. The highest BCUT2D eigenvalue weighted by atomic mass is 16.5. The molecule has 144 valence electrons. The van der Waals surface area contributed by atoms with Crippen LogP contribution >= 0.6 is 0 Å². The third-order valence-corrected chi connectivity index (χ3v) is 5.07. The Labute approximate surface area is 165 Å². The maximum Gasteiger partial charge on any atom is 0.251 e. The quantitative estimate of drug-likeness (QED) is 0.702. The summed E-state index contributed by atoms with van der Waals surface area (Å²) in [6.07, 6.45) is 2.26. The van der Waals surface area contributed by atoms with Gasteiger partial charge in [0, 0.05) is 18.2 Å². The summed E-state index contributed by atoms with van der Waals surface area (Å²) in [7, 11) is 0. The molecule has 2 aromatic carbocycles. The van der Waals surface area contributed by atoms with E-state index in [-0.39, 0.29) is 11.7 Å². The normalized spacial score (nSPS) is 15.5. The molecule has 0 amide bonds. The average molecular weight is 375 g/mol. The van der Waals surface area contributed by atoms with Gasteiger partial charge in [0.15, 0.2) is 0 Å². The Hall–Kier alpha value is -2.92. The Balaban J connectivity index is 1.52. The first-order chi connectivity index (χ1) is 13.7. The molecule has 28 heavy (non-hydrogen) atoms. The molecule has 0 bridgehead atoms. The fourth-order valence-corrected chi connectivity index (χ4v) is 3.55. The van der Waals surface area contributed by atoms with Crippen molar-refractivity contribution in [2.24, 2.45) is 0 Å². The Morgan fingerprint density at radius 3 is 2.50 bits per heavy atom. The highest BCUT2D eigenvalue weighted by molar-refractivity contribution is 5.55. The summed E-state index contributed by atoms with van der Waals surface area (Å²) in [5.41, 5.74) is 2.62. The first kappa shape index (κ1) is 18.4. The number of hydrogen-bond acceptors (Lipinski definition) is 4. The number of likely N-dealkylation sites (tertiary alicyclic amines) is 1. The van der Waals surface area contributed by atoms with Crippen molar-refractivity contribution in [3.63, 3.8) is 0 Å². The van der Waals surface area contributed by atoms with Crippen LogP contribution in [0.4, 0.5) is 0 Å². The predicted octanol–water partition coefficient (Wildman–Crippen LogP) is 4.17. The van der Waals surface area contributed by atoms with Crippen LogP contribution < -0.4 is 10.3 Å². The smallest absolute Gasteiger partial charge is 0.251 e. The summed E-state index contributed by atoms with van der Waals surface area (Å²) in [4.78, 5) is 22.1. The van der Waals surface area contributed by atoms with Gasteiger partial charge < -0.3 is 9.72 Å². The maximum atomic E-state index is 12.2. The molecule has 4 rings (SSSR count). The van der Waals surface area contributed by atoms with Crippen LogP contribution in [0.2, 0.25) is 0 Å².